The van der Waals surface area contributed by atoms with Crippen molar-refractivity contribution in [1.82, 2.24) is 5.32 Å². The zero-order valence-corrected chi connectivity index (χ0v) is 6.96. The molecule has 0 unspecified atom stereocenters. The van der Waals surface area contributed by atoms with Gasteiger partial charge in [-0.15, -0.1) is 0 Å². The molecule has 0 aliphatic carbocycles. The van der Waals surface area contributed by atoms with Crippen LogP contribution in [0.15, 0.2) is 0 Å². The summed E-state index contributed by atoms with van der Waals surface area (Å²) in [6.45, 7) is 2.83. The number of hydrogen-bond acceptors (Lipinski definition) is 3. The van der Waals surface area contributed by atoms with Crippen molar-refractivity contribution in [2.45, 2.75) is 19.4 Å². The van der Waals surface area contributed by atoms with E-state index >= 15 is 0 Å². The number of aliphatic carboxylic acids is 1. The Kier molecular flexibility index (Phi) is 5.78. The molecule has 4 heteroatoms. The Morgan fingerprint density at radius 2 is 2.36 bits per heavy atom. The highest BCUT2D eigenvalue weighted by Crippen LogP contribution is 1.86. The van der Waals surface area contributed by atoms with Gasteiger partial charge in [-0.3, -0.25) is 4.79 Å². The molecular weight excluding hydrogens is 146 g/mol. The molecule has 0 saturated carbocycles. The van der Waals surface area contributed by atoms with E-state index in [-0.39, 0.29) is 12.5 Å². The fraction of sp³-hybridized carbons (Fsp3) is 0.857. The molecule has 66 valence electrons. The Hall–Kier alpha value is -0.610. The van der Waals surface area contributed by atoms with Crippen LogP contribution in [0, 0.1) is 0 Å². The predicted molar refractivity (Wildman–Crippen MR) is 41.6 cm³/mol. The number of likely N-dealkylation sites (N-methyl/N-ethyl adjacent to an activating group) is 1. The molecule has 0 aromatic carbocycles. The first-order valence-corrected chi connectivity index (χ1v) is 3.63. The molecule has 0 bridgehead atoms. The van der Waals surface area contributed by atoms with Crippen LogP contribution >= 0.6 is 0 Å². The number of carbonyl (C=O) groups is 1. The molecule has 0 amide bonds. The maximum absolute atomic E-state index is 10.0. The third kappa shape index (κ3) is 7.29. The van der Waals surface area contributed by atoms with E-state index in [4.69, 9.17) is 9.84 Å². The van der Waals surface area contributed by atoms with Crippen LogP contribution in [0.2, 0.25) is 0 Å². The summed E-state index contributed by atoms with van der Waals surface area (Å²) < 4.78 is 5.05. The first kappa shape index (κ1) is 10.4. The van der Waals surface area contributed by atoms with Gasteiger partial charge in [-0.25, -0.2) is 0 Å². The van der Waals surface area contributed by atoms with Crippen molar-refractivity contribution in [2.24, 2.45) is 0 Å². The normalized spacial score (nSPS) is 12.9. The van der Waals surface area contributed by atoms with Crippen molar-refractivity contribution in [3.05, 3.63) is 0 Å². The number of ether oxygens (including phenoxy) is 1. The van der Waals surface area contributed by atoms with E-state index in [1.807, 2.05) is 14.0 Å². The maximum Gasteiger partial charge on any atom is 0.305 e. The molecule has 0 aliphatic heterocycles. The van der Waals surface area contributed by atoms with Crippen LogP contribution in [-0.4, -0.2) is 37.4 Å². The van der Waals surface area contributed by atoms with Gasteiger partial charge in [0.1, 0.15) is 0 Å². The minimum absolute atomic E-state index is 0.0798. The Morgan fingerprint density at radius 3 is 2.82 bits per heavy atom. The van der Waals surface area contributed by atoms with Crippen LogP contribution in [0.5, 0.6) is 0 Å². The highest BCUT2D eigenvalue weighted by Gasteiger charge is 1.99. The van der Waals surface area contributed by atoms with Crippen molar-refractivity contribution in [3.63, 3.8) is 0 Å². The van der Waals surface area contributed by atoms with Crippen LogP contribution < -0.4 is 5.32 Å². The Morgan fingerprint density at radius 1 is 1.73 bits per heavy atom. The molecule has 0 rings (SSSR count). The van der Waals surface area contributed by atoms with Gasteiger partial charge in [0.15, 0.2) is 0 Å². The standard InChI is InChI=1S/C7H15NO3/c1-6(8-2)5-11-4-3-7(9)10/h6,8H,3-5H2,1-2H3,(H,9,10)/t6-/m0/s1. The summed E-state index contributed by atoms with van der Waals surface area (Å²) in [5.41, 5.74) is 0. The minimum Gasteiger partial charge on any atom is -0.481 e. The van der Waals surface area contributed by atoms with Crippen molar-refractivity contribution in [3.8, 4) is 0 Å². The Labute approximate surface area is 66.5 Å². The van der Waals surface area contributed by atoms with Gasteiger partial charge in [0.25, 0.3) is 0 Å². The van der Waals surface area contributed by atoms with Crippen LogP contribution in [0.3, 0.4) is 0 Å². The van der Waals surface area contributed by atoms with E-state index in [2.05, 4.69) is 5.32 Å². The van der Waals surface area contributed by atoms with Crippen LogP contribution in [0.25, 0.3) is 0 Å². The maximum atomic E-state index is 10.0. The Bertz CT molecular complexity index is 116. The zero-order valence-electron chi connectivity index (χ0n) is 6.96. The van der Waals surface area contributed by atoms with Crippen LogP contribution in [-0.2, 0) is 9.53 Å². The molecule has 1 atom stereocenters. The summed E-state index contributed by atoms with van der Waals surface area (Å²) in [6, 6.07) is 0.281. The third-order valence-electron chi connectivity index (χ3n) is 1.32. The number of hydrogen-bond donors (Lipinski definition) is 2. The molecule has 0 aromatic rings. The van der Waals surface area contributed by atoms with Crippen molar-refractivity contribution in [2.75, 3.05) is 20.3 Å². The van der Waals surface area contributed by atoms with E-state index < -0.39 is 5.97 Å². The van der Waals surface area contributed by atoms with Gasteiger partial charge in [0.2, 0.25) is 0 Å². The van der Waals surface area contributed by atoms with Crippen LogP contribution in [0.4, 0.5) is 0 Å². The SMILES string of the molecule is CN[C@@H](C)COCCC(=O)O. The summed E-state index contributed by atoms with van der Waals surface area (Å²) in [5.74, 6) is -0.817. The van der Waals surface area contributed by atoms with Gasteiger partial charge in [0.05, 0.1) is 19.6 Å². The van der Waals surface area contributed by atoms with Crippen molar-refractivity contribution in [1.29, 1.82) is 0 Å². The molecule has 0 radical (unpaired) electrons. The smallest absolute Gasteiger partial charge is 0.305 e. The first-order valence-electron chi connectivity index (χ1n) is 3.63. The highest BCUT2D eigenvalue weighted by molar-refractivity contribution is 5.66. The zero-order chi connectivity index (χ0) is 8.69. The minimum atomic E-state index is -0.817. The van der Waals surface area contributed by atoms with E-state index in [0.717, 1.165) is 0 Å². The largest absolute Gasteiger partial charge is 0.481 e. The van der Waals surface area contributed by atoms with Gasteiger partial charge < -0.3 is 15.2 Å². The van der Waals surface area contributed by atoms with Gasteiger partial charge in [-0.1, -0.05) is 0 Å². The monoisotopic (exact) mass is 161 g/mol. The molecule has 2 N–H and O–H groups in total. The highest BCUT2D eigenvalue weighted by atomic mass is 16.5. The lowest BCUT2D eigenvalue weighted by molar-refractivity contribution is -0.138. The number of nitrogens with one attached hydrogen (secondary N) is 1. The average molecular weight is 161 g/mol. The lowest BCUT2D eigenvalue weighted by Gasteiger charge is -2.09. The lowest BCUT2D eigenvalue weighted by atomic mass is 10.4. The second-order valence-corrected chi connectivity index (χ2v) is 2.41. The lowest BCUT2D eigenvalue weighted by Crippen LogP contribution is -2.27. The average Bonchev–Trinajstić information content (AvgIpc) is 1.97. The number of carboxylic acid groups (broad SMARTS) is 1. The molecule has 0 heterocycles. The van der Waals surface area contributed by atoms with E-state index in [9.17, 15) is 4.79 Å². The van der Waals surface area contributed by atoms with E-state index in [0.29, 0.717) is 13.2 Å². The predicted octanol–water partition coefficient (Wildman–Crippen LogP) is 0.0856. The molecular formula is C7H15NO3. The molecule has 4 nitrogen and oxygen atoms in total. The quantitative estimate of drug-likeness (QED) is 0.542. The summed E-state index contributed by atoms with van der Waals surface area (Å²) in [5, 5.41) is 11.2. The second-order valence-electron chi connectivity index (χ2n) is 2.41. The number of rotatable bonds is 6. The molecule has 0 saturated heterocycles. The fourth-order valence-corrected chi connectivity index (χ4v) is 0.503. The third-order valence-corrected chi connectivity index (χ3v) is 1.32. The van der Waals surface area contributed by atoms with Crippen molar-refractivity contribution < 1.29 is 14.6 Å². The molecule has 0 aromatic heterocycles. The molecule has 11 heavy (non-hydrogen) atoms. The van der Waals surface area contributed by atoms with Crippen LogP contribution in [0.1, 0.15) is 13.3 Å². The van der Waals surface area contributed by atoms with Gasteiger partial charge >= 0.3 is 5.97 Å². The summed E-state index contributed by atoms with van der Waals surface area (Å²) in [6.07, 6.45) is 0.0798. The van der Waals surface area contributed by atoms with E-state index in [1.165, 1.54) is 0 Å². The van der Waals surface area contributed by atoms with E-state index in [1.54, 1.807) is 0 Å². The summed E-state index contributed by atoms with van der Waals surface area (Å²) in [4.78, 5) is 10.0. The fourth-order valence-electron chi connectivity index (χ4n) is 0.503. The topological polar surface area (TPSA) is 58.6 Å². The first-order chi connectivity index (χ1) is 5.16. The van der Waals surface area contributed by atoms with Gasteiger partial charge in [-0.05, 0) is 14.0 Å². The van der Waals surface area contributed by atoms with Gasteiger partial charge in [0, 0.05) is 6.04 Å². The summed E-state index contributed by atoms with van der Waals surface area (Å²) in [7, 11) is 1.84. The molecule has 0 spiro atoms. The number of carboxylic acids is 1. The molecule has 0 fully saturated rings. The molecule has 0 aliphatic rings. The van der Waals surface area contributed by atoms with Crippen molar-refractivity contribution >= 4 is 5.97 Å². The summed E-state index contributed by atoms with van der Waals surface area (Å²) >= 11 is 0. The van der Waals surface area contributed by atoms with Gasteiger partial charge in [-0.2, -0.15) is 0 Å². The Balaban J connectivity index is 3.08. The second kappa shape index (κ2) is 6.12.